The van der Waals surface area contributed by atoms with E-state index in [1.165, 1.54) is 0 Å². The first-order valence-electron chi connectivity index (χ1n) is 5.45. The van der Waals surface area contributed by atoms with E-state index in [2.05, 4.69) is 27.4 Å². The highest BCUT2D eigenvalue weighted by atomic mass is 16.5. The van der Waals surface area contributed by atoms with Gasteiger partial charge in [0.1, 0.15) is 0 Å². The fourth-order valence-electron chi connectivity index (χ4n) is 2.12. The van der Waals surface area contributed by atoms with Crippen LogP contribution in [0.25, 0.3) is 0 Å². The zero-order valence-electron chi connectivity index (χ0n) is 9.49. The Kier molecular flexibility index (Phi) is 3.73. The Labute approximate surface area is 87.0 Å². The lowest BCUT2D eigenvalue weighted by atomic mass is 9.86. The lowest BCUT2D eigenvalue weighted by Gasteiger charge is -2.42. The zero-order valence-corrected chi connectivity index (χ0v) is 9.49. The highest BCUT2D eigenvalue weighted by molar-refractivity contribution is 4.92. The molecule has 1 aliphatic rings. The van der Waals surface area contributed by atoms with E-state index in [9.17, 15) is 5.11 Å². The Hall–Kier alpha value is -0.340. The summed E-state index contributed by atoms with van der Waals surface area (Å²) in [6.07, 6.45) is 4.20. The van der Waals surface area contributed by atoms with Crippen molar-refractivity contribution in [1.82, 2.24) is 0 Å². The normalized spacial score (nSPS) is 38.6. The molecule has 14 heavy (non-hydrogen) atoms. The molecule has 0 aromatic rings. The number of hydrogen-bond donors (Lipinski definition) is 1. The second-order valence-corrected chi connectivity index (χ2v) is 4.88. The molecule has 3 atom stereocenters. The third-order valence-corrected chi connectivity index (χ3v) is 3.00. The molecule has 0 spiro atoms. The van der Waals surface area contributed by atoms with Crippen molar-refractivity contribution in [3.05, 3.63) is 12.7 Å². The summed E-state index contributed by atoms with van der Waals surface area (Å²) in [5.74, 6) is 0.370. The van der Waals surface area contributed by atoms with Crippen molar-refractivity contribution in [3.8, 4) is 0 Å². The van der Waals surface area contributed by atoms with Gasteiger partial charge in [-0.1, -0.05) is 19.9 Å². The van der Waals surface area contributed by atoms with Crippen molar-refractivity contribution in [3.63, 3.8) is 0 Å². The molecule has 0 aliphatic carbocycles. The highest BCUT2D eigenvalue weighted by Crippen LogP contribution is 2.34. The van der Waals surface area contributed by atoms with Crippen molar-refractivity contribution >= 4 is 0 Å². The molecule has 0 aromatic carbocycles. The Bertz CT molecular complexity index is 200. The molecule has 0 saturated carbocycles. The maximum atomic E-state index is 9.79. The predicted molar refractivity (Wildman–Crippen MR) is 58.2 cm³/mol. The molecule has 0 radical (unpaired) electrons. The van der Waals surface area contributed by atoms with E-state index in [1.54, 1.807) is 0 Å². The summed E-state index contributed by atoms with van der Waals surface area (Å²) in [4.78, 5) is 0. The van der Waals surface area contributed by atoms with Crippen LogP contribution in [0.1, 0.15) is 40.0 Å². The molecule has 0 aromatic heterocycles. The Morgan fingerprint density at radius 3 is 2.79 bits per heavy atom. The van der Waals surface area contributed by atoms with Gasteiger partial charge in [-0.3, -0.25) is 0 Å². The number of rotatable bonds is 3. The smallest absolute Gasteiger partial charge is 0.0864 e. The van der Waals surface area contributed by atoms with Gasteiger partial charge >= 0.3 is 0 Å². The van der Waals surface area contributed by atoms with Gasteiger partial charge in [0.2, 0.25) is 0 Å². The van der Waals surface area contributed by atoms with E-state index in [0.717, 1.165) is 19.3 Å². The van der Waals surface area contributed by atoms with Gasteiger partial charge in [-0.05, 0) is 32.1 Å². The average molecular weight is 198 g/mol. The minimum atomic E-state index is -0.298. The molecule has 0 bridgehead atoms. The summed E-state index contributed by atoms with van der Waals surface area (Å²) < 4.78 is 5.97. The molecule has 0 unspecified atom stereocenters. The molecular formula is C12H22O2. The van der Waals surface area contributed by atoms with Gasteiger partial charge < -0.3 is 9.84 Å². The summed E-state index contributed by atoms with van der Waals surface area (Å²) in [7, 11) is 0. The SMILES string of the molecule is C=CC[C@@]1(C)CC[C@@H](O)[C@H](C(C)C)O1. The molecule has 1 saturated heterocycles. The fraction of sp³-hybridized carbons (Fsp3) is 0.833. The predicted octanol–water partition coefficient (Wildman–Crippen LogP) is 2.52. The minimum absolute atomic E-state index is 0.0197. The van der Waals surface area contributed by atoms with E-state index in [1.807, 2.05) is 6.08 Å². The number of hydrogen-bond acceptors (Lipinski definition) is 2. The van der Waals surface area contributed by atoms with Crippen molar-refractivity contribution in [2.24, 2.45) is 5.92 Å². The lowest BCUT2D eigenvalue weighted by Crippen LogP contribution is -2.47. The van der Waals surface area contributed by atoms with E-state index >= 15 is 0 Å². The van der Waals surface area contributed by atoms with E-state index in [-0.39, 0.29) is 17.8 Å². The summed E-state index contributed by atoms with van der Waals surface area (Å²) in [5.41, 5.74) is -0.115. The topological polar surface area (TPSA) is 29.5 Å². The lowest BCUT2D eigenvalue weighted by molar-refractivity contribution is -0.180. The maximum absolute atomic E-state index is 9.79. The molecular weight excluding hydrogens is 176 g/mol. The average Bonchev–Trinajstić information content (AvgIpc) is 2.10. The third kappa shape index (κ3) is 2.58. The van der Waals surface area contributed by atoms with Gasteiger partial charge in [0.25, 0.3) is 0 Å². The molecule has 2 heteroatoms. The van der Waals surface area contributed by atoms with E-state index < -0.39 is 0 Å². The molecule has 1 rings (SSSR count). The van der Waals surface area contributed by atoms with Gasteiger partial charge in [0, 0.05) is 0 Å². The van der Waals surface area contributed by atoms with Crippen LogP contribution in [0.15, 0.2) is 12.7 Å². The Morgan fingerprint density at radius 1 is 1.64 bits per heavy atom. The van der Waals surface area contributed by atoms with Crippen molar-refractivity contribution in [2.75, 3.05) is 0 Å². The number of aliphatic hydroxyl groups is 1. The summed E-state index contributed by atoms with van der Waals surface area (Å²) in [6.45, 7) is 10.0. The maximum Gasteiger partial charge on any atom is 0.0864 e. The Balaban J connectivity index is 2.65. The molecule has 2 nitrogen and oxygen atoms in total. The quantitative estimate of drug-likeness (QED) is 0.706. The monoisotopic (exact) mass is 198 g/mol. The molecule has 1 N–H and O–H groups in total. The largest absolute Gasteiger partial charge is 0.390 e. The summed E-state index contributed by atoms with van der Waals surface area (Å²) in [5, 5.41) is 9.79. The summed E-state index contributed by atoms with van der Waals surface area (Å²) in [6, 6.07) is 0. The summed E-state index contributed by atoms with van der Waals surface area (Å²) >= 11 is 0. The number of aliphatic hydroxyl groups excluding tert-OH is 1. The minimum Gasteiger partial charge on any atom is -0.390 e. The van der Waals surface area contributed by atoms with Crippen LogP contribution in [0.3, 0.4) is 0 Å². The first-order valence-corrected chi connectivity index (χ1v) is 5.45. The van der Waals surface area contributed by atoms with Gasteiger partial charge in [-0.15, -0.1) is 6.58 Å². The van der Waals surface area contributed by atoms with Crippen LogP contribution in [0.2, 0.25) is 0 Å². The molecule has 0 amide bonds. The van der Waals surface area contributed by atoms with Crippen LogP contribution in [-0.2, 0) is 4.74 Å². The van der Waals surface area contributed by atoms with Gasteiger partial charge in [-0.2, -0.15) is 0 Å². The third-order valence-electron chi connectivity index (χ3n) is 3.00. The van der Waals surface area contributed by atoms with Crippen molar-refractivity contribution in [1.29, 1.82) is 0 Å². The molecule has 1 aliphatic heterocycles. The van der Waals surface area contributed by atoms with Crippen LogP contribution >= 0.6 is 0 Å². The molecule has 82 valence electrons. The van der Waals surface area contributed by atoms with Crippen molar-refractivity contribution < 1.29 is 9.84 Å². The molecule has 1 heterocycles. The van der Waals surface area contributed by atoms with Crippen LogP contribution < -0.4 is 0 Å². The highest BCUT2D eigenvalue weighted by Gasteiger charge is 2.38. The second-order valence-electron chi connectivity index (χ2n) is 4.88. The van der Waals surface area contributed by atoms with Gasteiger partial charge in [0.15, 0.2) is 0 Å². The second kappa shape index (κ2) is 4.45. The zero-order chi connectivity index (χ0) is 10.8. The number of ether oxygens (including phenoxy) is 1. The first kappa shape index (κ1) is 11.7. The van der Waals surface area contributed by atoms with Crippen LogP contribution in [-0.4, -0.2) is 22.9 Å². The van der Waals surface area contributed by atoms with Crippen LogP contribution in [0, 0.1) is 5.92 Å². The standard InChI is InChI=1S/C12H22O2/c1-5-7-12(4)8-6-10(13)11(14-12)9(2)3/h5,9-11,13H,1,6-8H2,2-4H3/t10-,11+,12+/m1/s1. The fourth-order valence-corrected chi connectivity index (χ4v) is 2.12. The van der Waals surface area contributed by atoms with Crippen LogP contribution in [0.5, 0.6) is 0 Å². The first-order chi connectivity index (χ1) is 6.48. The van der Waals surface area contributed by atoms with Crippen LogP contribution in [0.4, 0.5) is 0 Å². The molecule has 1 fully saturated rings. The van der Waals surface area contributed by atoms with Gasteiger partial charge in [0.05, 0.1) is 17.8 Å². The van der Waals surface area contributed by atoms with E-state index in [4.69, 9.17) is 4.74 Å². The van der Waals surface area contributed by atoms with Gasteiger partial charge in [-0.25, -0.2) is 0 Å². The van der Waals surface area contributed by atoms with Crippen molar-refractivity contribution in [2.45, 2.75) is 57.8 Å². The Morgan fingerprint density at radius 2 is 2.29 bits per heavy atom. The van der Waals surface area contributed by atoms with E-state index in [0.29, 0.717) is 5.92 Å².